The zero-order valence-electron chi connectivity index (χ0n) is 12.5. The third-order valence-corrected chi connectivity index (χ3v) is 4.64. The predicted molar refractivity (Wildman–Crippen MR) is 92.5 cm³/mol. The molecule has 2 aromatic heterocycles. The lowest BCUT2D eigenvalue weighted by molar-refractivity contribution is 0.103. The van der Waals surface area contributed by atoms with Crippen LogP contribution >= 0.6 is 11.3 Å². The molecule has 0 unspecified atom stereocenters. The number of aromatic nitrogens is 1. The van der Waals surface area contributed by atoms with Crippen molar-refractivity contribution in [2.24, 2.45) is 0 Å². The van der Waals surface area contributed by atoms with Crippen LogP contribution in [0.15, 0.2) is 42.6 Å². The van der Waals surface area contributed by atoms with Gasteiger partial charge >= 0.3 is 0 Å². The van der Waals surface area contributed by atoms with Crippen LogP contribution in [0.25, 0.3) is 10.2 Å². The molecule has 112 valence electrons. The van der Waals surface area contributed by atoms with Gasteiger partial charge in [-0.15, -0.1) is 11.3 Å². The molecule has 0 atom stereocenters. The lowest BCUT2D eigenvalue weighted by Gasteiger charge is -2.04. The van der Waals surface area contributed by atoms with Crippen molar-refractivity contribution in [3.63, 3.8) is 0 Å². The van der Waals surface area contributed by atoms with Crippen LogP contribution in [0.4, 0.5) is 11.4 Å². The number of fused-ring (bicyclic) bond motifs is 1. The summed E-state index contributed by atoms with van der Waals surface area (Å²) in [6.07, 6.45) is 1.85. The molecule has 0 bridgehead atoms. The zero-order valence-corrected chi connectivity index (χ0v) is 13.3. The van der Waals surface area contributed by atoms with Crippen molar-refractivity contribution < 1.29 is 4.79 Å². The van der Waals surface area contributed by atoms with E-state index >= 15 is 0 Å². The molecule has 0 saturated carbocycles. The highest BCUT2D eigenvalue weighted by atomic mass is 32.1. The number of rotatable bonds is 3. The molecule has 0 fully saturated rings. The third kappa shape index (κ3) is 2.67. The first-order valence-corrected chi connectivity index (χ1v) is 7.92. The molecule has 3 aromatic rings. The minimum absolute atomic E-state index is 0.196. The summed E-state index contributed by atoms with van der Waals surface area (Å²) in [5, 5.41) is 3.72. The molecule has 5 heteroatoms. The standard InChI is InChI=1S/C17H17N3OS/c1-10(2)11-8-13-14(18)15(22-17(13)19-9-11)16(21)20-12-6-4-3-5-7-12/h3-10H,18H2,1-2H3,(H,20,21). The van der Waals surface area contributed by atoms with Crippen LogP contribution in [0, 0.1) is 0 Å². The molecule has 4 nitrogen and oxygen atoms in total. The smallest absolute Gasteiger partial charge is 0.267 e. The van der Waals surface area contributed by atoms with Crippen LogP contribution < -0.4 is 11.1 Å². The van der Waals surface area contributed by atoms with Gasteiger partial charge in [0.2, 0.25) is 0 Å². The average molecular weight is 311 g/mol. The van der Waals surface area contributed by atoms with Gasteiger partial charge in [0.15, 0.2) is 0 Å². The van der Waals surface area contributed by atoms with E-state index in [1.54, 1.807) is 0 Å². The summed E-state index contributed by atoms with van der Waals surface area (Å²) < 4.78 is 0. The first-order valence-electron chi connectivity index (χ1n) is 7.10. The lowest BCUT2D eigenvalue weighted by Crippen LogP contribution is -2.11. The van der Waals surface area contributed by atoms with Crippen molar-refractivity contribution in [2.45, 2.75) is 19.8 Å². The average Bonchev–Trinajstić information content (AvgIpc) is 2.85. The maximum Gasteiger partial charge on any atom is 0.267 e. The van der Waals surface area contributed by atoms with E-state index in [0.29, 0.717) is 16.5 Å². The highest BCUT2D eigenvalue weighted by Crippen LogP contribution is 2.34. The van der Waals surface area contributed by atoms with Gasteiger partial charge in [0.1, 0.15) is 9.71 Å². The van der Waals surface area contributed by atoms with Gasteiger partial charge < -0.3 is 11.1 Å². The van der Waals surface area contributed by atoms with Crippen LogP contribution in [0.5, 0.6) is 0 Å². The van der Waals surface area contributed by atoms with E-state index in [9.17, 15) is 4.79 Å². The van der Waals surface area contributed by atoms with Gasteiger partial charge in [-0.2, -0.15) is 0 Å². The fraction of sp³-hybridized carbons (Fsp3) is 0.176. The van der Waals surface area contributed by atoms with E-state index in [4.69, 9.17) is 5.73 Å². The Balaban J connectivity index is 1.97. The van der Waals surface area contributed by atoms with Crippen molar-refractivity contribution in [3.05, 3.63) is 53.0 Å². The van der Waals surface area contributed by atoms with Gasteiger partial charge in [-0.25, -0.2) is 4.98 Å². The number of nitrogen functional groups attached to an aromatic ring is 1. The maximum absolute atomic E-state index is 12.4. The van der Waals surface area contributed by atoms with Crippen LogP contribution in [-0.2, 0) is 0 Å². The SMILES string of the molecule is CC(C)c1cnc2sc(C(=O)Nc3ccccc3)c(N)c2c1. The van der Waals surface area contributed by atoms with E-state index < -0.39 is 0 Å². The van der Waals surface area contributed by atoms with E-state index in [2.05, 4.69) is 24.1 Å². The van der Waals surface area contributed by atoms with E-state index in [1.807, 2.05) is 42.6 Å². The van der Waals surface area contributed by atoms with Crippen LogP contribution in [-0.4, -0.2) is 10.9 Å². The highest BCUT2D eigenvalue weighted by Gasteiger charge is 2.18. The molecule has 3 rings (SSSR count). The zero-order chi connectivity index (χ0) is 15.7. The van der Waals surface area contributed by atoms with Gasteiger partial charge in [-0.3, -0.25) is 4.79 Å². The number of thiophene rings is 1. The van der Waals surface area contributed by atoms with Gasteiger partial charge in [-0.1, -0.05) is 32.0 Å². The molecule has 0 aliphatic rings. The van der Waals surface area contributed by atoms with Crippen LogP contribution in [0.3, 0.4) is 0 Å². The summed E-state index contributed by atoms with van der Waals surface area (Å²) in [7, 11) is 0. The number of nitrogens with zero attached hydrogens (tertiary/aromatic N) is 1. The fourth-order valence-electron chi connectivity index (χ4n) is 2.21. The largest absolute Gasteiger partial charge is 0.397 e. The first-order chi connectivity index (χ1) is 10.6. The van der Waals surface area contributed by atoms with E-state index in [1.165, 1.54) is 11.3 Å². The number of carbonyl (C=O) groups excluding carboxylic acids is 1. The number of anilines is 2. The number of pyridine rings is 1. The minimum Gasteiger partial charge on any atom is -0.397 e. The molecular formula is C17H17N3OS. The summed E-state index contributed by atoms with van der Waals surface area (Å²) in [5.74, 6) is 0.176. The van der Waals surface area contributed by atoms with Crippen molar-refractivity contribution in [2.75, 3.05) is 11.1 Å². The molecule has 2 heterocycles. The Morgan fingerprint density at radius 3 is 2.68 bits per heavy atom. The molecule has 0 radical (unpaired) electrons. The van der Waals surface area contributed by atoms with E-state index in [-0.39, 0.29) is 5.91 Å². The fourth-order valence-corrected chi connectivity index (χ4v) is 3.15. The Hall–Kier alpha value is -2.40. The highest BCUT2D eigenvalue weighted by molar-refractivity contribution is 7.21. The van der Waals surface area contributed by atoms with Crippen LogP contribution in [0.2, 0.25) is 0 Å². The Morgan fingerprint density at radius 2 is 2.00 bits per heavy atom. The van der Waals surface area contributed by atoms with E-state index in [0.717, 1.165) is 21.5 Å². The number of hydrogen-bond donors (Lipinski definition) is 2. The molecule has 3 N–H and O–H groups in total. The lowest BCUT2D eigenvalue weighted by atomic mass is 10.0. The number of nitrogens with one attached hydrogen (secondary N) is 1. The second-order valence-corrected chi connectivity index (χ2v) is 6.44. The molecule has 0 aliphatic heterocycles. The monoisotopic (exact) mass is 311 g/mol. The minimum atomic E-state index is -0.196. The molecular weight excluding hydrogens is 294 g/mol. The molecule has 0 saturated heterocycles. The Kier molecular flexibility index (Phi) is 3.81. The summed E-state index contributed by atoms with van der Waals surface area (Å²) in [4.78, 5) is 18.1. The number of nitrogens with two attached hydrogens (primary N) is 1. The molecule has 1 aromatic carbocycles. The number of hydrogen-bond acceptors (Lipinski definition) is 4. The van der Waals surface area contributed by atoms with Crippen molar-refractivity contribution in [1.82, 2.24) is 4.98 Å². The van der Waals surface area contributed by atoms with Gasteiger partial charge in [0, 0.05) is 17.3 Å². The topological polar surface area (TPSA) is 68.0 Å². The molecule has 0 aliphatic carbocycles. The van der Waals surface area contributed by atoms with Gasteiger partial charge in [-0.05, 0) is 29.7 Å². The van der Waals surface area contributed by atoms with Crippen LogP contribution in [0.1, 0.15) is 35.0 Å². The van der Waals surface area contributed by atoms with Crippen molar-refractivity contribution in [1.29, 1.82) is 0 Å². The Labute approximate surface area is 133 Å². The second kappa shape index (κ2) is 5.77. The number of amides is 1. The van der Waals surface area contributed by atoms with Gasteiger partial charge in [0.25, 0.3) is 5.91 Å². The second-order valence-electron chi connectivity index (χ2n) is 5.44. The number of carbonyl (C=O) groups is 1. The summed E-state index contributed by atoms with van der Waals surface area (Å²) in [6, 6.07) is 11.4. The summed E-state index contributed by atoms with van der Waals surface area (Å²) in [6.45, 7) is 4.21. The normalized spacial score (nSPS) is 11.0. The number of para-hydroxylation sites is 1. The Bertz CT molecular complexity index is 825. The molecule has 1 amide bonds. The predicted octanol–water partition coefficient (Wildman–Crippen LogP) is 4.25. The first kappa shape index (κ1) is 14.5. The molecule has 22 heavy (non-hydrogen) atoms. The quantitative estimate of drug-likeness (QED) is 0.759. The number of benzene rings is 1. The third-order valence-electron chi connectivity index (χ3n) is 3.51. The summed E-state index contributed by atoms with van der Waals surface area (Å²) >= 11 is 1.32. The summed E-state index contributed by atoms with van der Waals surface area (Å²) in [5.41, 5.74) is 8.54. The van der Waals surface area contributed by atoms with Crippen molar-refractivity contribution in [3.8, 4) is 0 Å². The Morgan fingerprint density at radius 1 is 1.27 bits per heavy atom. The molecule has 0 spiro atoms. The maximum atomic E-state index is 12.4. The van der Waals surface area contributed by atoms with Gasteiger partial charge in [0.05, 0.1) is 5.69 Å². The van der Waals surface area contributed by atoms with Crippen molar-refractivity contribution >= 4 is 38.8 Å².